The van der Waals surface area contributed by atoms with Gasteiger partial charge in [0.15, 0.2) is 10.9 Å². The zero-order chi connectivity index (χ0) is 16.0. The number of carbonyl (C=O) groups is 3. The van der Waals surface area contributed by atoms with E-state index in [9.17, 15) is 14.4 Å². The van der Waals surface area contributed by atoms with Gasteiger partial charge in [0, 0.05) is 6.92 Å². The Balaban J connectivity index is 0.00000441. The van der Waals surface area contributed by atoms with Crippen molar-refractivity contribution in [2.45, 2.75) is 33.2 Å². The summed E-state index contributed by atoms with van der Waals surface area (Å²) < 4.78 is 0. The summed E-state index contributed by atoms with van der Waals surface area (Å²) in [6.45, 7) is 5.16. The van der Waals surface area contributed by atoms with E-state index in [-0.39, 0.29) is 42.5 Å². The number of Topliss-reactive ketones (excluding diaryl/α,β-unsaturated/α-hetero) is 1. The quantitative estimate of drug-likeness (QED) is 0.640. The van der Waals surface area contributed by atoms with Crippen molar-refractivity contribution in [2.24, 2.45) is 11.7 Å². The fourth-order valence-corrected chi connectivity index (χ4v) is 2.36. The molecule has 0 spiro atoms. The van der Waals surface area contributed by atoms with Crippen LogP contribution in [0.25, 0.3) is 0 Å². The summed E-state index contributed by atoms with van der Waals surface area (Å²) in [7, 11) is 0. The van der Waals surface area contributed by atoms with Crippen molar-refractivity contribution in [2.75, 3.05) is 11.9 Å². The van der Waals surface area contributed by atoms with Gasteiger partial charge in [-0.05, 0) is 12.3 Å². The summed E-state index contributed by atoms with van der Waals surface area (Å²) in [6.07, 6.45) is 1.90. The molecular weight excluding hydrogens is 328 g/mol. The average molecular weight is 349 g/mol. The van der Waals surface area contributed by atoms with Gasteiger partial charge < -0.3 is 16.4 Å². The predicted octanol–water partition coefficient (Wildman–Crippen LogP) is 1.20. The fourth-order valence-electron chi connectivity index (χ4n) is 1.64. The van der Waals surface area contributed by atoms with Gasteiger partial charge in [-0.3, -0.25) is 14.4 Å². The molecule has 1 heterocycles. The summed E-state index contributed by atoms with van der Waals surface area (Å²) in [6, 6.07) is -0.675. The Labute approximate surface area is 139 Å². The Morgan fingerprint density at radius 2 is 2.00 bits per heavy atom. The molecule has 0 saturated heterocycles. The Bertz CT molecular complexity index is 533. The number of hydrogen-bond acceptors (Lipinski definition) is 6. The predicted molar refractivity (Wildman–Crippen MR) is 88.4 cm³/mol. The summed E-state index contributed by atoms with van der Waals surface area (Å²) in [5.41, 5.74) is 5.25. The van der Waals surface area contributed by atoms with Crippen LogP contribution in [0.15, 0.2) is 6.20 Å². The molecule has 0 aliphatic carbocycles. The van der Waals surface area contributed by atoms with Crippen molar-refractivity contribution in [3.05, 3.63) is 11.1 Å². The van der Waals surface area contributed by atoms with Crippen molar-refractivity contribution in [3.63, 3.8) is 0 Å². The van der Waals surface area contributed by atoms with Gasteiger partial charge in [0.05, 0.1) is 17.6 Å². The van der Waals surface area contributed by atoms with Crippen LogP contribution in [-0.4, -0.2) is 35.2 Å². The number of rotatable bonds is 7. The maximum atomic E-state index is 12.2. The third-order valence-electron chi connectivity index (χ3n) is 2.63. The maximum absolute atomic E-state index is 12.2. The molecule has 1 aromatic heterocycles. The van der Waals surface area contributed by atoms with Gasteiger partial charge in [-0.15, -0.1) is 12.4 Å². The number of nitrogens with zero attached hydrogens (tertiary/aromatic N) is 1. The minimum absolute atomic E-state index is 0. The molecule has 0 bridgehead atoms. The standard InChI is InChI=1S/C13H20N4O3S.ClH/c1-7(2)4-9(16-11(19)5-14)12(20)17-13-15-6-10(21-13)8(3)18;/h6-7,9H,4-5,14H2,1-3H3,(H,16,19)(H,15,17,20);1H/t9-;/m0./s1. The highest BCUT2D eigenvalue weighted by Crippen LogP contribution is 2.19. The van der Waals surface area contributed by atoms with Crippen LogP contribution in [0.1, 0.15) is 36.9 Å². The third kappa shape index (κ3) is 6.50. The van der Waals surface area contributed by atoms with Gasteiger partial charge in [-0.1, -0.05) is 25.2 Å². The molecule has 124 valence electrons. The van der Waals surface area contributed by atoms with E-state index in [0.717, 1.165) is 11.3 Å². The lowest BCUT2D eigenvalue weighted by Gasteiger charge is -2.19. The van der Waals surface area contributed by atoms with Gasteiger partial charge >= 0.3 is 0 Å². The van der Waals surface area contributed by atoms with E-state index < -0.39 is 6.04 Å². The summed E-state index contributed by atoms with van der Waals surface area (Å²) in [5.74, 6) is -0.639. The second-order valence-electron chi connectivity index (χ2n) is 5.03. The summed E-state index contributed by atoms with van der Waals surface area (Å²) in [5, 5.41) is 5.53. The molecule has 22 heavy (non-hydrogen) atoms. The average Bonchev–Trinajstić information content (AvgIpc) is 2.85. The number of thiazole rings is 1. The number of carbonyl (C=O) groups excluding carboxylic acids is 3. The van der Waals surface area contributed by atoms with Gasteiger partial charge in [-0.2, -0.15) is 0 Å². The monoisotopic (exact) mass is 348 g/mol. The van der Waals surface area contributed by atoms with Crippen LogP contribution in [-0.2, 0) is 9.59 Å². The first-order chi connectivity index (χ1) is 9.83. The Kier molecular flexibility index (Phi) is 8.84. The van der Waals surface area contributed by atoms with Crippen LogP contribution in [0.5, 0.6) is 0 Å². The van der Waals surface area contributed by atoms with E-state index in [0.29, 0.717) is 16.4 Å². The van der Waals surface area contributed by atoms with Crippen LogP contribution >= 0.6 is 23.7 Å². The molecule has 0 unspecified atom stereocenters. The number of amides is 2. The molecule has 1 rings (SSSR count). The van der Waals surface area contributed by atoms with Gasteiger partial charge in [0.1, 0.15) is 6.04 Å². The molecule has 7 nitrogen and oxygen atoms in total. The van der Waals surface area contributed by atoms with Crippen molar-refractivity contribution in [3.8, 4) is 0 Å². The first kappa shape index (κ1) is 20.5. The normalized spacial score (nSPS) is 11.5. The lowest BCUT2D eigenvalue weighted by atomic mass is 10.0. The molecule has 0 radical (unpaired) electrons. The summed E-state index contributed by atoms with van der Waals surface area (Å²) in [4.78, 5) is 39.2. The molecule has 9 heteroatoms. The first-order valence-corrected chi connectivity index (χ1v) is 7.42. The number of anilines is 1. The van der Waals surface area contributed by atoms with Crippen LogP contribution < -0.4 is 16.4 Å². The molecule has 4 N–H and O–H groups in total. The highest BCUT2D eigenvalue weighted by Gasteiger charge is 2.22. The van der Waals surface area contributed by atoms with Gasteiger partial charge in [0.25, 0.3) is 0 Å². The van der Waals surface area contributed by atoms with E-state index in [4.69, 9.17) is 5.73 Å². The summed E-state index contributed by atoms with van der Waals surface area (Å²) >= 11 is 1.10. The number of halogens is 1. The van der Waals surface area contributed by atoms with Crippen LogP contribution in [0.4, 0.5) is 5.13 Å². The molecule has 2 amide bonds. The van der Waals surface area contributed by atoms with E-state index in [1.165, 1.54) is 13.1 Å². The van der Waals surface area contributed by atoms with Crippen molar-refractivity contribution < 1.29 is 14.4 Å². The molecule has 0 aliphatic heterocycles. The second-order valence-corrected chi connectivity index (χ2v) is 6.06. The highest BCUT2D eigenvalue weighted by atomic mass is 35.5. The number of hydrogen-bond donors (Lipinski definition) is 3. The van der Waals surface area contributed by atoms with Crippen molar-refractivity contribution in [1.82, 2.24) is 10.3 Å². The van der Waals surface area contributed by atoms with Crippen molar-refractivity contribution in [1.29, 1.82) is 0 Å². The Morgan fingerprint density at radius 1 is 1.36 bits per heavy atom. The molecule has 0 aromatic carbocycles. The highest BCUT2D eigenvalue weighted by molar-refractivity contribution is 7.17. The van der Waals surface area contributed by atoms with E-state index in [1.54, 1.807) is 0 Å². The number of nitrogens with two attached hydrogens (primary N) is 1. The van der Waals surface area contributed by atoms with E-state index in [2.05, 4.69) is 15.6 Å². The molecular formula is C13H21ClN4O3S. The topological polar surface area (TPSA) is 114 Å². The Hall–Kier alpha value is -1.51. The number of aromatic nitrogens is 1. The molecule has 0 aliphatic rings. The molecule has 0 saturated carbocycles. The lowest BCUT2D eigenvalue weighted by Crippen LogP contribution is -2.46. The minimum Gasteiger partial charge on any atom is -0.343 e. The van der Waals surface area contributed by atoms with Crippen LogP contribution in [0, 0.1) is 5.92 Å². The number of nitrogens with one attached hydrogen (secondary N) is 2. The van der Waals surface area contributed by atoms with Crippen LogP contribution in [0.2, 0.25) is 0 Å². The zero-order valence-electron chi connectivity index (χ0n) is 12.7. The van der Waals surface area contributed by atoms with Crippen molar-refractivity contribution >= 4 is 46.5 Å². The third-order valence-corrected chi connectivity index (χ3v) is 3.64. The zero-order valence-corrected chi connectivity index (χ0v) is 14.3. The minimum atomic E-state index is -0.675. The number of ketones is 1. The smallest absolute Gasteiger partial charge is 0.248 e. The lowest BCUT2D eigenvalue weighted by molar-refractivity contribution is -0.125. The van der Waals surface area contributed by atoms with E-state index >= 15 is 0 Å². The van der Waals surface area contributed by atoms with E-state index in [1.807, 2.05) is 13.8 Å². The molecule has 1 aromatic rings. The molecule has 0 fully saturated rings. The second kappa shape index (κ2) is 9.50. The largest absolute Gasteiger partial charge is 0.343 e. The first-order valence-electron chi connectivity index (χ1n) is 6.60. The fraction of sp³-hybridized carbons (Fsp3) is 0.538. The molecule has 1 atom stereocenters. The van der Waals surface area contributed by atoms with Gasteiger partial charge in [0.2, 0.25) is 11.8 Å². The SMILES string of the molecule is CC(=O)c1cnc(NC(=O)[C@H](CC(C)C)NC(=O)CN)s1.Cl. The van der Waals surface area contributed by atoms with Crippen LogP contribution in [0.3, 0.4) is 0 Å². The maximum Gasteiger partial charge on any atom is 0.248 e. The van der Waals surface area contributed by atoms with Gasteiger partial charge in [-0.25, -0.2) is 4.98 Å². The Morgan fingerprint density at radius 3 is 2.45 bits per heavy atom.